The molecule has 1 atom stereocenters. The Morgan fingerprint density at radius 2 is 1.88 bits per heavy atom. The second kappa shape index (κ2) is 8.13. The summed E-state index contributed by atoms with van der Waals surface area (Å²) in [5.41, 5.74) is 2.73. The summed E-state index contributed by atoms with van der Waals surface area (Å²) < 4.78 is 0. The molecule has 2 aliphatic rings. The van der Waals surface area contributed by atoms with Gasteiger partial charge in [0.25, 0.3) is 0 Å². The average Bonchev–Trinajstić information content (AvgIpc) is 2.54. The standard InChI is InChI=1S/C20H31N3O/c1-16(3-4-17(2)24)13-18-5-7-19(8-6-18)23-14-20(15-23)22-11-9-21-10-12-22/h5-8,16,20-21H,3-4,9-15H2,1-2H3. The largest absolute Gasteiger partial charge is 0.368 e. The zero-order valence-corrected chi connectivity index (χ0v) is 15.1. The molecule has 0 radical (unpaired) electrons. The quantitative estimate of drug-likeness (QED) is 0.833. The average molecular weight is 329 g/mol. The van der Waals surface area contributed by atoms with Crippen LogP contribution in [0.1, 0.15) is 32.3 Å². The van der Waals surface area contributed by atoms with Gasteiger partial charge in [-0.2, -0.15) is 0 Å². The Kier molecular flexibility index (Phi) is 5.90. The van der Waals surface area contributed by atoms with E-state index in [0.29, 0.717) is 18.1 Å². The van der Waals surface area contributed by atoms with E-state index in [2.05, 4.69) is 46.3 Å². The molecule has 2 heterocycles. The van der Waals surface area contributed by atoms with Gasteiger partial charge >= 0.3 is 0 Å². The number of nitrogens with zero attached hydrogens (tertiary/aromatic N) is 2. The molecule has 1 unspecified atom stereocenters. The van der Waals surface area contributed by atoms with Gasteiger partial charge in [0.05, 0.1) is 0 Å². The fourth-order valence-corrected chi connectivity index (χ4v) is 3.74. The molecule has 1 aromatic carbocycles. The number of carbonyl (C=O) groups is 1. The van der Waals surface area contributed by atoms with E-state index in [1.165, 1.54) is 24.3 Å². The molecular weight excluding hydrogens is 298 g/mol. The first-order valence-corrected chi connectivity index (χ1v) is 9.40. The minimum Gasteiger partial charge on any atom is -0.368 e. The number of hydrogen-bond acceptors (Lipinski definition) is 4. The number of nitrogens with one attached hydrogen (secondary N) is 1. The van der Waals surface area contributed by atoms with Crippen LogP contribution in [0.2, 0.25) is 0 Å². The maximum atomic E-state index is 11.1. The van der Waals surface area contributed by atoms with E-state index in [4.69, 9.17) is 0 Å². The molecule has 1 aromatic rings. The van der Waals surface area contributed by atoms with Crippen molar-refractivity contribution < 1.29 is 4.79 Å². The van der Waals surface area contributed by atoms with Gasteiger partial charge in [-0.1, -0.05) is 19.1 Å². The van der Waals surface area contributed by atoms with Crippen molar-refractivity contribution in [1.82, 2.24) is 10.2 Å². The van der Waals surface area contributed by atoms with Crippen molar-refractivity contribution in [2.75, 3.05) is 44.2 Å². The first-order chi connectivity index (χ1) is 11.6. The van der Waals surface area contributed by atoms with Gasteiger partial charge in [-0.3, -0.25) is 4.90 Å². The van der Waals surface area contributed by atoms with Crippen molar-refractivity contribution >= 4 is 11.5 Å². The van der Waals surface area contributed by atoms with E-state index < -0.39 is 0 Å². The summed E-state index contributed by atoms with van der Waals surface area (Å²) in [6.07, 6.45) is 2.77. The Hall–Kier alpha value is -1.39. The highest BCUT2D eigenvalue weighted by molar-refractivity contribution is 5.75. The molecule has 0 amide bonds. The molecular formula is C20H31N3O. The lowest BCUT2D eigenvalue weighted by atomic mass is 9.95. The van der Waals surface area contributed by atoms with Crippen molar-refractivity contribution in [3.8, 4) is 0 Å². The fourth-order valence-electron chi connectivity index (χ4n) is 3.74. The smallest absolute Gasteiger partial charge is 0.129 e. The van der Waals surface area contributed by atoms with E-state index in [1.54, 1.807) is 6.92 Å². The molecule has 0 spiro atoms. The molecule has 24 heavy (non-hydrogen) atoms. The third kappa shape index (κ3) is 4.58. The summed E-state index contributed by atoms with van der Waals surface area (Å²) >= 11 is 0. The van der Waals surface area contributed by atoms with Crippen LogP contribution in [-0.2, 0) is 11.2 Å². The van der Waals surface area contributed by atoms with Gasteiger partial charge in [0, 0.05) is 57.4 Å². The molecule has 2 saturated heterocycles. The number of benzene rings is 1. The van der Waals surface area contributed by atoms with E-state index in [9.17, 15) is 4.79 Å². The molecule has 1 N–H and O–H groups in total. The van der Waals surface area contributed by atoms with Crippen LogP contribution >= 0.6 is 0 Å². The first kappa shape index (κ1) is 17.4. The van der Waals surface area contributed by atoms with Crippen LogP contribution in [0.3, 0.4) is 0 Å². The van der Waals surface area contributed by atoms with Crippen molar-refractivity contribution in [1.29, 1.82) is 0 Å². The summed E-state index contributed by atoms with van der Waals surface area (Å²) in [7, 11) is 0. The van der Waals surface area contributed by atoms with Crippen molar-refractivity contribution in [3.63, 3.8) is 0 Å². The molecule has 4 nitrogen and oxygen atoms in total. The molecule has 4 heteroatoms. The van der Waals surface area contributed by atoms with Crippen molar-refractivity contribution in [2.24, 2.45) is 5.92 Å². The number of hydrogen-bond donors (Lipinski definition) is 1. The third-order valence-electron chi connectivity index (χ3n) is 5.41. The molecule has 3 rings (SSSR count). The predicted molar refractivity (Wildman–Crippen MR) is 99.7 cm³/mol. The van der Waals surface area contributed by atoms with Gasteiger partial charge in [-0.15, -0.1) is 0 Å². The SMILES string of the molecule is CC(=O)CCC(C)Cc1ccc(N2CC(N3CCNCC3)C2)cc1. The van der Waals surface area contributed by atoms with Crippen LogP contribution < -0.4 is 10.2 Å². The Bertz CT molecular complexity index is 530. The first-order valence-electron chi connectivity index (χ1n) is 9.40. The van der Waals surface area contributed by atoms with Gasteiger partial charge in [0.15, 0.2) is 0 Å². The van der Waals surface area contributed by atoms with Crippen LogP contribution in [0, 0.1) is 5.92 Å². The van der Waals surface area contributed by atoms with E-state index in [-0.39, 0.29) is 0 Å². The van der Waals surface area contributed by atoms with Gasteiger partial charge in [-0.25, -0.2) is 0 Å². The lowest BCUT2D eigenvalue weighted by Crippen LogP contribution is -2.62. The predicted octanol–water partition coefficient (Wildman–Crippen LogP) is 2.33. The number of ketones is 1. The van der Waals surface area contributed by atoms with Crippen molar-refractivity contribution in [2.45, 2.75) is 39.2 Å². The van der Waals surface area contributed by atoms with Crippen LogP contribution in [0.5, 0.6) is 0 Å². The Labute approximate surface area is 146 Å². The highest BCUT2D eigenvalue weighted by Crippen LogP contribution is 2.25. The van der Waals surface area contributed by atoms with Crippen LogP contribution in [0.15, 0.2) is 24.3 Å². The topological polar surface area (TPSA) is 35.6 Å². The number of Topliss-reactive ketones (excluding diaryl/α,β-unsaturated/α-hetero) is 1. The summed E-state index contributed by atoms with van der Waals surface area (Å²) in [6.45, 7) is 10.9. The zero-order chi connectivity index (χ0) is 16.9. The van der Waals surface area contributed by atoms with Gasteiger partial charge in [-0.05, 0) is 43.4 Å². The monoisotopic (exact) mass is 329 g/mol. The van der Waals surface area contributed by atoms with Gasteiger partial charge in [0.2, 0.25) is 0 Å². The Morgan fingerprint density at radius 1 is 1.21 bits per heavy atom. The third-order valence-corrected chi connectivity index (χ3v) is 5.41. The van der Waals surface area contributed by atoms with Crippen LogP contribution in [0.25, 0.3) is 0 Å². The number of rotatable bonds is 7. The molecule has 0 bridgehead atoms. The highest BCUT2D eigenvalue weighted by atomic mass is 16.1. The maximum Gasteiger partial charge on any atom is 0.129 e. The molecule has 0 saturated carbocycles. The second-order valence-electron chi connectivity index (χ2n) is 7.56. The summed E-state index contributed by atoms with van der Waals surface area (Å²) in [6, 6.07) is 9.79. The van der Waals surface area contributed by atoms with Gasteiger partial charge < -0.3 is 15.0 Å². The lowest BCUT2D eigenvalue weighted by molar-refractivity contribution is -0.117. The zero-order valence-electron chi connectivity index (χ0n) is 15.1. The van der Waals surface area contributed by atoms with Gasteiger partial charge in [0.1, 0.15) is 5.78 Å². The molecule has 0 aliphatic carbocycles. The number of anilines is 1. The number of piperazine rings is 1. The van der Waals surface area contributed by atoms with Crippen molar-refractivity contribution in [3.05, 3.63) is 29.8 Å². The summed E-state index contributed by atoms with van der Waals surface area (Å²) in [4.78, 5) is 16.2. The Morgan fingerprint density at radius 3 is 2.50 bits per heavy atom. The molecule has 2 aliphatic heterocycles. The van der Waals surface area contributed by atoms with E-state index in [0.717, 1.165) is 45.1 Å². The maximum absolute atomic E-state index is 11.1. The normalized spacial score (nSPS) is 20.7. The fraction of sp³-hybridized carbons (Fsp3) is 0.650. The van der Waals surface area contributed by atoms with Crippen LogP contribution in [0.4, 0.5) is 5.69 Å². The lowest BCUT2D eigenvalue weighted by Gasteiger charge is -2.48. The van der Waals surface area contributed by atoms with Crippen LogP contribution in [-0.4, -0.2) is 56.0 Å². The summed E-state index contributed by atoms with van der Waals surface area (Å²) in [5, 5.41) is 3.42. The molecule has 132 valence electrons. The number of carbonyl (C=O) groups excluding carboxylic acids is 1. The second-order valence-corrected chi connectivity index (χ2v) is 7.56. The Balaban J connectivity index is 1.44. The van der Waals surface area contributed by atoms with E-state index >= 15 is 0 Å². The highest BCUT2D eigenvalue weighted by Gasteiger charge is 2.32. The molecule has 0 aromatic heterocycles. The minimum absolute atomic E-state index is 0.300. The minimum atomic E-state index is 0.300. The molecule has 2 fully saturated rings. The summed E-state index contributed by atoms with van der Waals surface area (Å²) in [5.74, 6) is 0.870. The van der Waals surface area contributed by atoms with E-state index in [1.807, 2.05) is 0 Å².